The molecule has 108 valence electrons. The normalized spacial score (nSPS) is 12.8. The summed E-state index contributed by atoms with van der Waals surface area (Å²) in [6.07, 6.45) is 0. The molecule has 0 aromatic heterocycles. The fraction of sp³-hybridized carbons (Fsp3) is 0. The zero-order chi connectivity index (χ0) is 15.9. The third kappa shape index (κ3) is 2.31. The number of ether oxygens (including phenoxy) is 1. The highest BCUT2D eigenvalue weighted by Crippen LogP contribution is 2.23. The van der Waals surface area contributed by atoms with Crippen LogP contribution in [0.3, 0.4) is 0 Å². The Kier molecular flexibility index (Phi) is 3.35. The maximum absolute atomic E-state index is 12.4. The van der Waals surface area contributed by atoms with Crippen LogP contribution in [0.5, 0.6) is 0 Å². The largest absolute Gasteiger partial charge is 0.386 e. The second-order valence-electron chi connectivity index (χ2n) is 4.62. The lowest BCUT2D eigenvalue weighted by Gasteiger charge is -2.03. The molecule has 0 fully saturated rings. The van der Waals surface area contributed by atoms with Crippen LogP contribution < -0.4 is 0 Å². The Bertz CT molecular complexity index is 853. The molecule has 0 N–H and O–H groups in total. The van der Waals surface area contributed by atoms with Crippen LogP contribution in [0, 0.1) is 0 Å². The number of cyclic esters (lactones) is 2. The molecule has 1 aliphatic heterocycles. The van der Waals surface area contributed by atoms with Crippen LogP contribution in [0.1, 0.15) is 47.0 Å². The van der Waals surface area contributed by atoms with Crippen LogP contribution in [0.4, 0.5) is 0 Å². The fourth-order valence-electron chi connectivity index (χ4n) is 2.18. The number of esters is 2. The number of ketones is 1. The number of hydrogen-bond donors (Lipinski definition) is 0. The molecule has 0 saturated carbocycles. The Morgan fingerprint density at radius 2 is 1.45 bits per heavy atom. The molecular weight excluding hydrogens is 308 g/mol. The number of fused-ring (bicyclic) bond motifs is 1. The molecule has 0 aliphatic carbocycles. The SMILES string of the molecule is O=C(Cl)c1cccc(C(=O)c2ccc3c(c2)C(=O)OC3=O)c1. The smallest absolute Gasteiger partial charge is 0.346 e. The number of carbonyl (C=O) groups is 4. The molecule has 1 heterocycles. The minimum Gasteiger partial charge on any atom is -0.386 e. The van der Waals surface area contributed by atoms with E-state index < -0.39 is 23.0 Å². The van der Waals surface area contributed by atoms with E-state index in [9.17, 15) is 19.2 Å². The van der Waals surface area contributed by atoms with Crippen molar-refractivity contribution in [3.63, 3.8) is 0 Å². The van der Waals surface area contributed by atoms with Gasteiger partial charge in [0.1, 0.15) is 0 Å². The van der Waals surface area contributed by atoms with Crippen molar-refractivity contribution in [3.8, 4) is 0 Å². The summed E-state index contributed by atoms with van der Waals surface area (Å²) in [4.78, 5) is 46.4. The quantitative estimate of drug-likeness (QED) is 0.376. The molecule has 0 saturated heterocycles. The summed E-state index contributed by atoms with van der Waals surface area (Å²) in [5.41, 5.74) is 0.851. The summed E-state index contributed by atoms with van der Waals surface area (Å²) in [7, 11) is 0. The topological polar surface area (TPSA) is 77.5 Å². The van der Waals surface area contributed by atoms with Crippen molar-refractivity contribution >= 4 is 34.6 Å². The van der Waals surface area contributed by atoms with Gasteiger partial charge in [-0.25, -0.2) is 9.59 Å². The molecule has 0 bridgehead atoms. The Labute approximate surface area is 129 Å². The average Bonchev–Trinajstić information content (AvgIpc) is 2.81. The Balaban J connectivity index is 2.02. The van der Waals surface area contributed by atoms with Gasteiger partial charge in [-0.05, 0) is 29.8 Å². The summed E-state index contributed by atoms with van der Waals surface area (Å²) in [6.45, 7) is 0. The van der Waals surface area contributed by atoms with Crippen LogP contribution in [-0.2, 0) is 4.74 Å². The van der Waals surface area contributed by atoms with Gasteiger partial charge in [-0.3, -0.25) is 9.59 Å². The van der Waals surface area contributed by atoms with Crippen LogP contribution in [0.25, 0.3) is 0 Å². The molecule has 6 heteroatoms. The molecule has 3 rings (SSSR count). The number of halogens is 1. The highest BCUT2D eigenvalue weighted by atomic mass is 35.5. The van der Waals surface area contributed by atoms with Crippen molar-refractivity contribution in [1.29, 1.82) is 0 Å². The van der Waals surface area contributed by atoms with Crippen molar-refractivity contribution < 1.29 is 23.9 Å². The predicted molar refractivity (Wildman–Crippen MR) is 76.2 cm³/mol. The van der Waals surface area contributed by atoms with E-state index in [0.717, 1.165) is 0 Å². The molecular formula is C16H7ClO5. The minimum absolute atomic E-state index is 0.0559. The molecule has 2 aromatic carbocycles. The first-order valence-electron chi connectivity index (χ1n) is 6.22. The standard InChI is InChI=1S/C16H7ClO5/c17-14(19)10-3-1-2-8(6-10)13(18)9-4-5-11-12(7-9)16(21)22-15(11)20/h1-7H. The lowest BCUT2D eigenvalue weighted by Crippen LogP contribution is -2.05. The van der Waals surface area contributed by atoms with Crippen molar-refractivity contribution in [2.24, 2.45) is 0 Å². The van der Waals surface area contributed by atoms with Gasteiger partial charge in [0.25, 0.3) is 5.24 Å². The van der Waals surface area contributed by atoms with Crippen molar-refractivity contribution in [3.05, 3.63) is 70.3 Å². The summed E-state index contributed by atoms with van der Waals surface area (Å²) < 4.78 is 4.47. The van der Waals surface area contributed by atoms with E-state index in [1.165, 1.54) is 42.5 Å². The van der Waals surface area contributed by atoms with Gasteiger partial charge in [0, 0.05) is 16.7 Å². The molecule has 2 aromatic rings. The highest BCUT2D eigenvalue weighted by Gasteiger charge is 2.30. The molecule has 0 radical (unpaired) electrons. The van der Waals surface area contributed by atoms with E-state index in [4.69, 9.17) is 11.6 Å². The molecule has 1 aliphatic rings. The van der Waals surface area contributed by atoms with Gasteiger partial charge in [0.05, 0.1) is 11.1 Å². The summed E-state index contributed by atoms with van der Waals surface area (Å²) in [5, 5.41) is -0.669. The van der Waals surface area contributed by atoms with E-state index in [0.29, 0.717) is 0 Å². The van der Waals surface area contributed by atoms with Crippen LogP contribution >= 0.6 is 11.6 Å². The molecule has 0 amide bonds. The second kappa shape index (κ2) is 5.20. The van der Waals surface area contributed by atoms with Gasteiger partial charge in [0.15, 0.2) is 5.78 Å². The summed E-state index contributed by atoms with van der Waals surface area (Å²) in [5.74, 6) is -1.90. The number of carbonyl (C=O) groups excluding carboxylic acids is 4. The first-order valence-corrected chi connectivity index (χ1v) is 6.60. The summed E-state index contributed by atoms with van der Waals surface area (Å²) >= 11 is 5.39. The average molecular weight is 315 g/mol. The lowest BCUT2D eigenvalue weighted by molar-refractivity contribution is 0.0443. The van der Waals surface area contributed by atoms with Crippen LogP contribution in [0.2, 0.25) is 0 Å². The first kappa shape index (κ1) is 14.2. The molecule has 0 atom stereocenters. The zero-order valence-electron chi connectivity index (χ0n) is 11.0. The van der Waals surface area contributed by atoms with Gasteiger partial charge in [-0.1, -0.05) is 24.3 Å². The van der Waals surface area contributed by atoms with Crippen LogP contribution in [-0.4, -0.2) is 23.0 Å². The van der Waals surface area contributed by atoms with E-state index in [-0.39, 0.29) is 27.8 Å². The van der Waals surface area contributed by atoms with Gasteiger partial charge < -0.3 is 4.74 Å². The second-order valence-corrected chi connectivity index (χ2v) is 4.96. The Hall–Kier alpha value is -2.79. The van der Waals surface area contributed by atoms with E-state index in [2.05, 4.69) is 4.74 Å². The minimum atomic E-state index is -0.778. The number of hydrogen-bond acceptors (Lipinski definition) is 5. The third-order valence-corrected chi connectivity index (χ3v) is 3.48. The molecule has 5 nitrogen and oxygen atoms in total. The van der Waals surface area contributed by atoms with Crippen LogP contribution in [0.15, 0.2) is 42.5 Å². The number of benzene rings is 2. The highest BCUT2D eigenvalue weighted by molar-refractivity contribution is 6.67. The van der Waals surface area contributed by atoms with Crippen molar-refractivity contribution in [1.82, 2.24) is 0 Å². The fourth-order valence-corrected chi connectivity index (χ4v) is 2.29. The monoisotopic (exact) mass is 314 g/mol. The van der Waals surface area contributed by atoms with Crippen molar-refractivity contribution in [2.75, 3.05) is 0 Å². The van der Waals surface area contributed by atoms with Gasteiger partial charge >= 0.3 is 11.9 Å². The van der Waals surface area contributed by atoms with Gasteiger partial charge in [-0.15, -0.1) is 0 Å². The first-order chi connectivity index (χ1) is 10.5. The Morgan fingerprint density at radius 3 is 2.18 bits per heavy atom. The van der Waals surface area contributed by atoms with Crippen molar-refractivity contribution in [2.45, 2.75) is 0 Å². The maximum Gasteiger partial charge on any atom is 0.346 e. The maximum atomic E-state index is 12.4. The van der Waals surface area contributed by atoms with E-state index >= 15 is 0 Å². The number of rotatable bonds is 3. The Morgan fingerprint density at radius 1 is 0.818 bits per heavy atom. The molecule has 0 spiro atoms. The van der Waals surface area contributed by atoms with E-state index in [1.807, 2.05) is 0 Å². The van der Waals surface area contributed by atoms with E-state index in [1.54, 1.807) is 0 Å². The molecule has 22 heavy (non-hydrogen) atoms. The summed E-state index contributed by atoms with van der Waals surface area (Å²) in [6, 6.07) is 10.0. The van der Waals surface area contributed by atoms with Gasteiger partial charge in [-0.2, -0.15) is 0 Å². The lowest BCUT2D eigenvalue weighted by atomic mass is 9.98. The molecule has 0 unspecified atom stereocenters. The van der Waals surface area contributed by atoms with Gasteiger partial charge in [0.2, 0.25) is 0 Å². The third-order valence-electron chi connectivity index (χ3n) is 3.26. The zero-order valence-corrected chi connectivity index (χ0v) is 11.7. The predicted octanol–water partition coefficient (Wildman–Crippen LogP) is 2.61.